The molecule has 2 aromatic rings. The molecule has 11 heteroatoms. The average molecular weight is 429 g/mol. The first kappa shape index (κ1) is 19.8. The Morgan fingerprint density at radius 3 is 2.48 bits per heavy atom. The van der Waals surface area contributed by atoms with E-state index >= 15 is 0 Å². The second-order valence-electron chi connectivity index (χ2n) is 5.63. The molecule has 2 heterocycles. The number of rotatable bonds is 6. The number of sulfonamides is 1. The molecule has 0 saturated carbocycles. The van der Waals surface area contributed by atoms with Gasteiger partial charge in [0.25, 0.3) is 5.69 Å². The van der Waals surface area contributed by atoms with Crippen molar-refractivity contribution in [3.05, 3.63) is 56.3 Å². The monoisotopic (exact) mass is 428 g/mol. The fourth-order valence-electron chi connectivity index (χ4n) is 2.50. The summed E-state index contributed by atoms with van der Waals surface area (Å²) < 4.78 is 32.2. The smallest absolute Gasteiger partial charge is 0.350 e. The van der Waals surface area contributed by atoms with Gasteiger partial charge in [0.15, 0.2) is 0 Å². The van der Waals surface area contributed by atoms with Gasteiger partial charge in [-0.25, -0.2) is 13.2 Å². The van der Waals surface area contributed by atoms with E-state index in [2.05, 4.69) is 0 Å². The Morgan fingerprint density at radius 1 is 1.19 bits per heavy atom. The maximum absolute atomic E-state index is 12.8. The third-order valence-electron chi connectivity index (χ3n) is 3.92. The molecule has 0 bridgehead atoms. The summed E-state index contributed by atoms with van der Waals surface area (Å²) in [6.07, 6.45) is 0. The average Bonchev–Trinajstić information content (AvgIpc) is 3.18. The Balaban J connectivity index is 1.71. The van der Waals surface area contributed by atoms with Gasteiger partial charge in [-0.1, -0.05) is 0 Å². The summed E-state index contributed by atoms with van der Waals surface area (Å²) in [5.74, 6) is 0.723. The van der Waals surface area contributed by atoms with Crippen molar-refractivity contribution < 1.29 is 22.9 Å². The largest absolute Gasteiger partial charge is 0.457 e. The van der Waals surface area contributed by atoms with E-state index in [9.17, 15) is 23.3 Å². The Bertz CT molecular complexity index is 933. The molecule has 1 aliphatic rings. The van der Waals surface area contributed by atoms with Gasteiger partial charge in [-0.15, -0.1) is 11.3 Å². The van der Waals surface area contributed by atoms with Gasteiger partial charge in [-0.3, -0.25) is 10.1 Å². The minimum atomic E-state index is -3.74. The molecule has 0 spiro atoms. The normalized spacial score (nSPS) is 15.4. The van der Waals surface area contributed by atoms with E-state index < -0.39 is 20.9 Å². The van der Waals surface area contributed by atoms with Crippen LogP contribution in [-0.4, -0.2) is 48.2 Å². The van der Waals surface area contributed by atoms with Crippen molar-refractivity contribution in [2.45, 2.75) is 11.5 Å². The fraction of sp³-hybridized carbons (Fsp3) is 0.312. The first-order valence-electron chi connectivity index (χ1n) is 7.95. The molecule has 1 aliphatic heterocycles. The first-order chi connectivity index (χ1) is 12.9. The van der Waals surface area contributed by atoms with Crippen LogP contribution in [0.3, 0.4) is 0 Å². The molecular formula is C16H16N2O6S3. The second-order valence-corrected chi connectivity index (χ2v) is 9.68. The SMILES string of the molecule is O=C(OCc1ccc([N+](=O)[O-])cc1)c1sccc1S(=O)(=O)N1CCSCC1. The Labute approximate surface area is 164 Å². The first-order valence-corrected chi connectivity index (χ1v) is 11.4. The van der Waals surface area contributed by atoms with Gasteiger partial charge in [0.1, 0.15) is 16.4 Å². The molecule has 144 valence electrons. The second kappa shape index (κ2) is 8.38. The Morgan fingerprint density at radius 2 is 1.85 bits per heavy atom. The summed E-state index contributed by atoms with van der Waals surface area (Å²) in [4.78, 5) is 22.5. The van der Waals surface area contributed by atoms with Gasteiger partial charge in [0.05, 0.1) is 4.92 Å². The molecular weight excluding hydrogens is 412 g/mol. The number of nitro benzene ring substituents is 1. The van der Waals surface area contributed by atoms with Crippen molar-refractivity contribution >= 4 is 44.8 Å². The van der Waals surface area contributed by atoms with Crippen molar-refractivity contribution in [3.63, 3.8) is 0 Å². The van der Waals surface area contributed by atoms with Crippen LogP contribution in [0.15, 0.2) is 40.6 Å². The maximum Gasteiger partial charge on any atom is 0.350 e. The van der Waals surface area contributed by atoms with E-state index in [-0.39, 0.29) is 22.1 Å². The van der Waals surface area contributed by atoms with Crippen LogP contribution in [0.4, 0.5) is 5.69 Å². The quantitative estimate of drug-likeness (QED) is 0.395. The minimum Gasteiger partial charge on any atom is -0.457 e. The number of carbonyl (C=O) groups is 1. The highest BCUT2D eigenvalue weighted by Crippen LogP contribution is 2.28. The number of ether oxygens (including phenoxy) is 1. The highest BCUT2D eigenvalue weighted by molar-refractivity contribution is 7.99. The van der Waals surface area contributed by atoms with Crippen molar-refractivity contribution in [2.24, 2.45) is 0 Å². The maximum atomic E-state index is 12.8. The number of non-ortho nitro benzene ring substituents is 1. The van der Waals surface area contributed by atoms with Crippen LogP contribution >= 0.6 is 23.1 Å². The van der Waals surface area contributed by atoms with Crippen LogP contribution in [0.25, 0.3) is 0 Å². The van der Waals surface area contributed by atoms with Crippen LogP contribution in [0.2, 0.25) is 0 Å². The van der Waals surface area contributed by atoms with E-state index in [1.165, 1.54) is 34.6 Å². The molecule has 1 aromatic heterocycles. The number of benzene rings is 1. The van der Waals surface area contributed by atoms with Crippen molar-refractivity contribution in [1.82, 2.24) is 4.31 Å². The van der Waals surface area contributed by atoms with Crippen molar-refractivity contribution in [1.29, 1.82) is 0 Å². The highest BCUT2D eigenvalue weighted by Gasteiger charge is 2.31. The lowest BCUT2D eigenvalue weighted by molar-refractivity contribution is -0.384. The van der Waals surface area contributed by atoms with Crippen molar-refractivity contribution in [2.75, 3.05) is 24.6 Å². The molecule has 27 heavy (non-hydrogen) atoms. The van der Waals surface area contributed by atoms with Gasteiger partial charge in [-0.05, 0) is 29.1 Å². The number of carbonyl (C=O) groups excluding carboxylic acids is 1. The zero-order valence-electron chi connectivity index (χ0n) is 14.1. The van der Waals surface area contributed by atoms with Crippen LogP contribution in [-0.2, 0) is 21.4 Å². The standard InChI is InChI=1S/C16H16N2O6S3/c19-16(24-11-12-1-3-13(4-2-12)18(20)21)15-14(5-8-26-15)27(22,23)17-6-9-25-10-7-17/h1-5,8H,6-7,9-11H2. The number of thioether (sulfide) groups is 1. The molecule has 0 N–H and O–H groups in total. The predicted molar refractivity (Wildman–Crippen MR) is 103 cm³/mol. The molecule has 0 atom stereocenters. The lowest BCUT2D eigenvalue weighted by Crippen LogP contribution is -2.38. The summed E-state index contributed by atoms with van der Waals surface area (Å²) in [5, 5.41) is 12.2. The third kappa shape index (κ3) is 4.49. The Hall–Kier alpha value is -1.95. The lowest BCUT2D eigenvalue weighted by Gasteiger charge is -2.25. The van der Waals surface area contributed by atoms with Gasteiger partial charge < -0.3 is 4.74 Å². The van der Waals surface area contributed by atoms with Crippen LogP contribution < -0.4 is 0 Å². The zero-order valence-corrected chi connectivity index (χ0v) is 16.5. The molecule has 0 amide bonds. The minimum absolute atomic E-state index is 0.0342. The molecule has 1 saturated heterocycles. The van der Waals surface area contributed by atoms with E-state index in [1.807, 2.05) is 0 Å². The number of esters is 1. The van der Waals surface area contributed by atoms with E-state index in [4.69, 9.17) is 4.74 Å². The molecule has 0 aliphatic carbocycles. The van der Waals surface area contributed by atoms with Gasteiger partial charge in [0, 0.05) is 36.7 Å². The lowest BCUT2D eigenvalue weighted by atomic mass is 10.2. The number of hydrogen-bond donors (Lipinski definition) is 0. The summed E-state index contributed by atoms with van der Waals surface area (Å²) in [6.45, 7) is 0.731. The van der Waals surface area contributed by atoms with E-state index in [0.29, 0.717) is 18.7 Å². The van der Waals surface area contributed by atoms with Crippen LogP contribution in [0.1, 0.15) is 15.2 Å². The van der Waals surface area contributed by atoms with Crippen molar-refractivity contribution in [3.8, 4) is 0 Å². The van der Waals surface area contributed by atoms with E-state index in [0.717, 1.165) is 22.8 Å². The number of hydrogen-bond acceptors (Lipinski definition) is 8. The van der Waals surface area contributed by atoms with Crippen LogP contribution in [0.5, 0.6) is 0 Å². The molecule has 0 radical (unpaired) electrons. The molecule has 0 unspecified atom stereocenters. The number of nitrogens with zero attached hydrogens (tertiary/aromatic N) is 2. The van der Waals surface area contributed by atoms with E-state index in [1.54, 1.807) is 17.1 Å². The molecule has 1 fully saturated rings. The summed E-state index contributed by atoms with van der Waals surface area (Å²) in [5.41, 5.74) is 0.513. The number of thiophene rings is 1. The predicted octanol–water partition coefficient (Wildman–Crippen LogP) is 2.75. The number of nitro groups is 1. The van der Waals surface area contributed by atoms with Gasteiger partial charge in [-0.2, -0.15) is 16.1 Å². The Kier molecular flexibility index (Phi) is 6.15. The fourth-order valence-corrected chi connectivity index (χ4v) is 6.36. The molecule has 8 nitrogen and oxygen atoms in total. The van der Waals surface area contributed by atoms with Gasteiger partial charge in [0.2, 0.25) is 10.0 Å². The third-order valence-corrected chi connectivity index (χ3v) is 7.83. The molecule has 1 aromatic carbocycles. The van der Waals surface area contributed by atoms with Crippen LogP contribution in [0, 0.1) is 10.1 Å². The topological polar surface area (TPSA) is 107 Å². The van der Waals surface area contributed by atoms with Gasteiger partial charge >= 0.3 is 5.97 Å². The highest BCUT2D eigenvalue weighted by atomic mass is 32.2. The summed E-state index contributed by atoms with van der Waals surface area (Å²) in [6, 6.07) is 7.03. The zero-order chi connectivity index (χ0) is 19.4. The summed E-state index contributed by atoms with van der Waals surface area (Å²) in [7, 11) is -3.74. The summed E-state index contributed by atoms with van der Waals surface area (Å²) >= 11 is 2.71. The molecule has 3 rings (SSSR count).